The molecule has 1 unspecified atom stereocenters. The molecule has 0 aromatic rings. The Labute approximate surface area is 165 Å². The highest BCUT2D eigenvalue weighted by atomic mass is 28.4. The fourth-order valence-corrected chi connectivity index (χ4v) is 7.34. The first-order valence-electron chi connectivity index (χ1n) is 10.6. The fraction of sp³-hybridized carbons (Fsp3) is 0.818. The Bertz CT molecular complexity index is 649. The quantitative estimate of drug-likeness (QED) is 0.458. The molecule has 5 atom stereocenters. The van der Waals surface area contributed by atoms with Gasteiger partial charge in [0.25, 0.3) is 0 Å². The Morgan fingerprint density at radius 1 is 1.26 bits per heavy atom. The molecule has 0 aromatic carbocycles. The second-order valence-electron chi connectivity index (χ2n) is 10.4. The average Bonchev–Trinajstić information content (AvgIpc) is 3.01. The van der Waals surface area contributed by atoms with Crippen molar-refractivity contribution >= 4 is 20.1 Å². The molecule has 0 amide bonds. The van der Waals surface area contributed by atoms with E-state index in [-0.39, 0.29) is 17.3 Å². The van der Waals surface area contributed by atoms with Gasteiger partial charge in [0.2, 0.25) is 0 Å². The largest absolute Gasteiger partial charge is 0.429 e. The van der Waals surface area contributed by atoms with Crippen molar-refractivity contribution in [1.82, 2.24) is 0 Å². The Hall–Kier alpha value is -0.943. The van der Waals surface area contributed by atoms with Crippen LogP contribution < -0.4 is 0 Å². The van der Waals surface area contributed by atoms with Gasteiger partial charge in [-0.25, -0.2) is 4.79 Å². The van der Waals surface area contributed by atoms with Gasteiger partial charge in [-0.3, -0.25) is 4.79 Å². The predicted molar refractivity (Wildman–Crippen MR) is 109 cm³/mol. The van der Waals surface area contributed by atoms with Crippen LogP contribution in [0.5, 0.6) is 0 Å². The smallest absolute Gasteiger partial charge is 0.346 e. The molecule has 0 bridgehead atoms. The van der Waals surface area contributed by atoms with Crippen molar-refractivity contribution < 1.29 is 18.8 Å². The maximum atomic E-state index is 12.4. The molecule has 4 nitrogen and oxygen atoms in total. The third-order valence-electron chi connectivity index (χ3n) is 7.05. The number of ketones is 1. The number of rotatable bonds is 6. The van der Waals surface area contributed by atoms with E-state index >= 15 is 0 Å². The first-order valence-corrected chi connectivity index (χ1v) is 14.0. The first-order chi connectivity index (χ1) is 12.4. The van der Waals surface area contributed by atoms with Crippen LogP contribution in [0.25, 0.3) is 0 Å². The standard InChI is InChI=1S/C22H36O4Si/c1-15(17-11-12-18-19(23)8-7-13-21(17,18)2)9-10-16-14-22(3,20(24)25-16)26-27(4,5)6/h14-15,17-18H,7-13H2,1-6H3/t15-,17-,18?,21+,22-/m1/s1. The third-order valence-corrected chi connectivity index (χ3v) is 8.09. The van der Waals surface area contributed by atoms with E-state index in [1.807, 2.05) is 13.0 Å². The van der Waals surface area contributed by atoms with Gasteiger partial charge in [-0.2, -0.15) is 0 Å². The van der Waals surface area contributed by atoms with Crippen LogP contribution >= 0.6 is 0 Å². The van der Waals surface area contributed by atoms with E-state index in [2.05, 4.69) is 33.5 Å². The summed E-state index contributed by atoms with van der Waals surface area (Å²) in [5, 5.41) is 0. The molecule has 2 saturated carbocycles. The Balaban J connectivity index is 1.62. The van der Waals surface area contributed by atoms with E-state index in [0.717, 1.165) is 44.3 Å². The van der Waals surface area contributed by atoms with Crippen LogP contribution in [-0.2, 0) is 18.8 Å². The number of hydrogen-bond acceptors (Lipinski definition) is 4. The van der Waals surface area contributed by atoms with Gasteiger partial charge in [0, 0.05) is 18.8 Å². The molecule has 2 aliphatic carbocycles. The highest BCUT2D eigenvalue weighted by molar-refractivity contribution is 6.70. The van der Waals surface area contributed by atoms with Crippen LogP contribution in [-0.4, -0.2) is 25.7 Å². The molecule has 0 radical (unpaired) electrons. The van der Waals surface area contributed by atoms with E-state index in [4.69, 9.17) is 9.16 Å². The summed E-state index contributed by atoms with van der Waals surface area (Å²) in [6.07, 6.45) is 8.87. The van der Waals surface area contributed by atoms with Gasteiger partial charge in [0.1, 0.15) is 11.5 Å². The first kappa shape index (κ1) is 20.8. The maximum Gasteiger partial charge on any atom is 0.346 e. The normalized spacial score (nSPS) is 37.8. The van der Waals surface area contributed by atoms with Crippen LogP contribution in [0, 0.1) is 23.2 Å². The van der Waals surface area contributed by atoms with E-state index < -0.39 is 13.9 Å². The third kappa shape index (κ3) is 4.09. The molecular weight excluding hydrogens is 356 g/mol. The van der Waals surface area contributed by atoms with Gasteiger partial charge in [-0.1, -0.05) is 13.8 Å². The zero-order chi connectivity index (χ0) is 20.0. The van der Waals surface area contributed by atoms with Crippen molar-refractivity contribution in [3.63, 3.8) is 0 Å². The number of esters is 1. The molecule has 0 N–H and O–H groups in total. The van der Waals surface area contributed by atoms with Crippen molar-refractivity contribution in [3.05, 3.63) is 11.8 Å². The zero-order valence-electron chi connectivity index (χ0n) is 17.9. The zero-order valence-corrected chi connectivity index (χ0v) is 18.9. The van der Waals surface area contributed by atoms with Crippen molar-refractivity contribution in [1.29, 1.82) is 0 Å². The summed E-state index contributed by atoms with van der Waals surface area (Å²) in [5.74, 6) is 2.36. The topological polar surface area (TPSA) is 52.6 Å². The molecule has 0 saturated heterocycles. The molecule has 27 heavy (non-hydrogen) atoms. The minimum Gasteiger partial charge on any atom is -0.429 e. The molecular formula is C22H36O4Si. The SMILES string of the molecule is C[C@H](CCC1=C[C@@](C)(O[Si](C)(C)C)C(=O)O1)[C@H]1CCC2C(=O)CCC[C@]21C. The summed E-state index contributed by atoms with van der Waals surface area (Å²) in [7, 11) is -1.85. The van der Waals surface area contributed by atoms with Crippen molar-refractivity contribution in [2.75, 3.05) is 0 Å². The average molecular weight is 393 g/mol. The summed E-state index contributed by atoms with van der Waals surface area (Å²) < 4.78 is 11.6. The second-order valence-corrected chi connectivity index (χ2v) is 14.8. The molecule has 5 heteroatoms. The lowest BCUT2D eigenvalue weighted by molar-refractivity contribution is -0.149. The minimum atomic E-state index is -1.85. The number of hydrogen-bond donors (Lipinski definition) is 0. The number of carbonyl (C=O) groups excluding carboxylic acids is 2. The van der Waals surface area contributed by atoms with Crippen LogP contribution in [0.2, 0.25) is 19.6 Å². The van der Waals surface area contributed by atoms with E-state index in [9.17, 15) is 9.59 Å². The molecule has 2 fully saturated rings. The summed E-state index contributed by atoms with van der Waals surface area (Å²) >= 11 is 0. The van der Waals surface area contributed by atoms with E-state index in [0.29, 0.717) is 17.6 Å². The summed E-state index contributed by atoms with van der Waals surface area (Å²) in [6, 6.07) is 0. The fourth-order valence-electron chi connectivity index (χ4n) is 5.92. The van der Waals surface area contributed by atoms with Crippen LogP contribution in [0.1, 0.15) is 65.7 Å². The van der Waals surface area contributed by atoms with Gasteiger partial charge in [-0.05, 0) is 82.0 Å². The summed E-state index contributed by atoms with van der Waals surface area (Å²) in [5.41, 5.74) is -0.756. The highest BCUT2D eigenvalue weighted by Gasteiger charge is 2.52. The molecule has 3 rings (SSSR count). The number of cyclic esters (lactones) is 1. The number of carbonyl (C=O) groups is 2. The Morgan fingerprint density at radius 3 is 2.63 bits per heavy atom. The van der Waals surface area contributed by atoms with Crippen molar-refractivity contribution in [2.45, 2.75) is 91.0 Å². The molecule has 1 aliphatic heterocycles. The number of Topliss-reactive ketones (excluding diaryl/α,β-unsaturated/α-hetero) is 1. The van der Waals surface area contributed by atoms with Crippen molar-refractivity contribution in [2.24, 2.45) is 23.2 Å². The second kappa shape index (κ2) is 7.14. The summed E-state index contributed by atoms with van der Waals surface area (Å²) in [4.78, 5) is 24.7. The van der Waals surface area contributed by atoms with Crippen LogP contribution in [0.4, 0.5) is 0 Å². The molecule has 0 aromatic heterocycles. The number of fused-ring (bicyclic) bond motifs is 1. The lowest BCUT2D eigenvalue weighted by Crippen LogP contribution is -2.43. The van der Waals surface area contributed by atoms with Crippen LogP contribution in [0.15, 0.2) is 11.8 Å². The van der Waals surface area contributed by atoms with Gasteiger partial charge < -0.3 is 9.16 Å². The molecule has 1 heterocycles. The number of allylic oxidation sites excluding steroid dienone is 1. The minimum absolute atomic E-state index is 0.172. The van der Waals surface area contributed by atoms with E-state index in [1.54, 1.807) is 0 Å². The van der Waals surface area contributed by atoms with E-state index in [1.165, 1.54) is 6.42 Å². The Kier molecular flexibility index (Phi) is 5.50. The van der Waals surface area contributed by atoms with Crippen molar-refractivity contribution in [3.8, 4) is 0 Å². The predicted octanol–water partition coefficient (Wildman–Crippen LogP) is 5.24. The summed E-state index contributed by atoms with van der Waals surface area (Å²) in [6.45, 7) is 12.7. The highest BCUT2D eigenvalue weighted by Crippen LogP contribution is 2.57. The molecule has 152 valence electrons. The molecule has 3 aliphatic rings. The molecule has 0 spiro atoms. The van der Waals surface area contributed by atoms with Gasteiger partial charge >= 0.3 is 5.97 Å². The van der Waals surface area contributed by atoms with Gasteiger partial charge in [0.15, 0.2) is 13.9 Å². The Morgan fingerprint density at radius 2 is 1.96 bits per heavy atom. The maximum absolute atomic E-state index is 12.4. The monoisotopic (exact) mass is 392 g/mol. The van der Waals surface area contributed by atoms with Gasteiger partial charge in [0.05, 0.1) is 0 Å². The van der Waals surface area contributed by atoms with Crippen LogP contribution in [0.3, 0.4) is 0 Å². The van der Waals surface area contributed by atoms with Gasteiger partial charge in [-0.15, -0.1) is 0 Å². The lowest BCUT2D eigenvalue weighted by Gasteiger charge is -2.42. The lowest BCUT2D eigenvalue weighted by atomic mass is 9.62. The number of ether oxygens (including phenoxy) is 1.